The molecule has 0 radical (unpaired) electrons. The van der Waals surface area contributed by atoms with Crippen LogP contribution >= 0.6 is 0 Å². The van der Waals surface area contributed by atoms with Crippen LogP contribution in [0.15, 0.2) is 24.3 Å². The van der Waals surface area contributed by atoms with E-state index in [2.05, 4.69) is 17.4 Å². The highest BCUT2D eigenvalue weighted by Gasteiger charge is 2.30. The van der Waals surface area contributed by atoms with E-state index >= 15 is 0 Å². The van der Waals surface area contributed by atoms with Crippen molar-refractivity contribution < 1.29 is 13.2 Å². The van der Waals surface area contributed by atoms with Crippen LogP contribution in [0.4, 0.5) is 0 Å². The van der Waals surface area contributed by atoms with Crippen LogP contribution in [0.25, 0.3) is 0 Å². The van der Waals surface area contributed by atoms with Gasteiger partial charge in [-0.25, -0.2) is 8.42 Å². The Kier molecular flexibility index (Phi) is 3.99. The van der Waals surface area contributed by atoms with E-state index in [-0.39, 0.29) is 23.5 Å². The number of hydrogen-bond acceptors (Lipinski definition) is 4. The van der Waals surface area contributed by atoms with Gasteiger partial charge in [0.25, 0.3) is 0 Å². The molecule has 1 amide bonds. The fraction of sp³-hybridized carbons (Fsp3) is 0.533. The number of fused-ring (bicyclic) bond motifs is 1. The maximum absolute atomic E-state index is 12.6. The molecule has 0 unspecified atom stereocenters. The molecular weight excluding hydrogens is 288 g/mol. The van der Waals surface area contributed by atoms with Crippen LogP contribution < -0.4 is 5.32 Å². The van der Waals surface area contributed by atoms with E-state index in [4.69, 9.17) is 0 Å². The van der Waals surface area contributed by atoms with Gasteiger partial charge in [-0.1, -0.05) is 24.3 Å². The van der Waals surface area contributed by atoms with Crippen LogP contribution in [0.2, 0.25) is 0 Å². The van der Waals surface area contributed by atoms with Crippen LogP contribution in [-0.2, 0) is 27.6 Å². The van der Waals surface area contributed by atoms with Crippen LogP contribution in [0.1, 0.15) is 17.5 Å². The first-order chi connectivity index (χ1) is 10.1. The molecule has 1 fully saturated rings. The average molecular weight is 308 g/mol. The van der Waals surface area contributed by atoms with Crippen molar-refractivity contribution in [2.24, 2.45) is 0 Å². The lowest BCUT2D eigenvalue weighted by molar-refractivity contribution is -0.133. The molecule has 0 aliphatic carbocycles. The van der Waals surface area contributed by atoms with Crippen molar-refractivity contribution in [1.82, 2.24) is 10.2 Å². The van der Waals surface area contributed by atoms with E-state index in [1.807, 2.05) is 12.1 Å². The maximum Gasteiger partial charge on any atom is 0.240 e. The Morgan fingerprint density at radius 3 is 2.71 bits per heavy atom. The monoisotopic (exact) mass is 308 g/mol. The summed E-state index contributed by atoms with van der Waals surface area (Å²) in [4.78, 5) is 14.3. The molecule has 2 aliphatic heterocycles. The topological polar surface area (TPSA) is 66.5 Å². The Balaban J connectivity index is 1.69. The molecule has 114 valence electrons. The number of hydrogen-bond donors (Lipinski definition) is 1. The summed E-state index contributed by atoms with van der Waals surface area (Å²) in [6.07, 6.45) is 1.22. The van der Waals surface area contributed by atoms with Gasteiger partial charge in [-0.05, 0) is 24.0 Å². The molecule has 2 heterocycles. The molecule has 0 aromatic heterocycles. The van der Waals surface area contributed by atoms with Crippen molar-refractivity contribution in [2.45, 2.75) is 25.4 Å². The number of rotatable bonds is 1. The standard InChI is InChI=1S/C15H20N2O3S/c18-15(17-6-3-8-21(19,20)9-7-17)14-10-12-4-1-2-5-13(12)11-16-14/h1-2,4-5,14,16H,3,6-11H2/t14-/m1/s1. The van der Waals surface area contributed by atoms with Gasteiger partial charge in [0, 0.05) is 19.6 Å². The van der Waals surface area contributed by atoms with Crippen molar-refractivity contribution in [2.75, 3.05) is 24.6 Å². The maximum atomic E-state index is 12.6. The fourth-order valence-electron chi connectivity index (χ4n) is 3.01. The highest BCUT2D eigenvalue weighted by molar-refractivity contribution is 7.91. The zero-order chi connectivity index (χ0) is 14.9. The van der Waals surface area contributed by atoms with Gasteiger partial charge in [-0.3, -0.25) is 4.79 Å². The molecule has 5 nitrogen and oxygen atoms in total. The van der Waals surface area contributed by atoms with E-state index in [0.29, 0.717) is 32.5 Å². The van der Waals surface area contributed by atoms with Gasteiger partial charge in [0.15, 0.2) is 9.84 Å². The first-order valence-electron chi connectivity index (χ1n) is 7.34. The summed E-state index contributed by atoms with van der Waals surface area (Å²) in [7, 11) is -2.98. The number of nitrogens with zero attached hydrogens (tertiary/aromatic N) is 1. The zero-order valence-corrected chi connectivity index (χ0v) is 12.7. The molecule has 1 aromatic rings. The van der Waals surface area contributed by atoms with E-state index in [0.717, 1.165) is 0 Å². The first kappa shape index (κ1) is 14.5. The lowest BCUT2D eigenvalue weighted by atomic mass is 9.95. The van der Waals surface area contributed by atoms with Crippen LogP contribution in [-0.4, -0.2) is 49.9 Å². The minimum atomic E-state index is -2.98. The van der Waals surface area contributed by atoms with E-state index in [1.165, 1.54) is 11.1 Å². The molecule has 6 heteroatoms. The van der Waals surface area contributed by atoms with Gasteiger partial charge < -0.3 is 10.2 Å². The van der Waals surface area contributed by atoms with Crippen LogP contribution in [0.3, 0.4) is 0 Å². The molecule has 1 N–H and O–H groups in total. The van der Waals surface area contributed by atoms with Crippen LogP contribution in [0, 0.1) is 0 Å². The van der Waals surface area contributed by atoms with Crippen molar-refractivity contribution in [1.29, 1.82) is 0 Å². The Morgan fingerprint density at radius 1 is 1.14 bits per heavy atom. The second-order valence-electron chi connectivity index (χ2n) is 5.74. The molecule has 2 aliphatic rings. The second kappa shape index (κ2) is 5.77. The van der Waals surface area contributed by atoms with Crippen molar-refractivity contribution in [3.05, 3.63) is 35.4 Å². The van der Waals surface area contributed by atoms with Gasteiger partial charge >= 0.3 is 0 Å². The second-order valence-corrected chi connectivity index (χ2v) is 8.04. The SMILES string of the molecule is O=C([C@H]1Cc2ccccc2CN1)N1CCCS(=O)(=O)CC1. The summed E-state index contributed by atoms with van der Waals surface area (Å²) in [5.74, 6) is 0.307. The molecule has 0 saturated carbocycles. The average Bonchev–Trinajstić information content (AvgIpc) is 2.67. The highest BCUT2D eigenvalue weighted by Crippen LogP contribution is 2.18. The first-order valence-corrected chi connectivity index (χ1v) is 9.17. The van der Waals surface area contributed by atoms with E-state index < -0.39 is 9.84 Å². The third-order valence-corrected chi connectivity index (χ3v) is 5.96. The molecule has 1 aromatic carbocycles. The minimum absolute atomic E-state index is 0.0293. The fourth-order valence-corrected chi connectivity index (χ4v) is 4.28. The van der Waals surface area contributed by atoms with Gasteiger partial charge in [-0.15, -0.1) is 0 Å². The molecule has 21 heavy (non-hydrogen) atoms. The molecule has 0 spiro atoms. The third-order valence-electron chi connectivity index (χ3n) is 4.25. The highest BCUT2D eigenvalue weighted by atomic mass is 32.2. The minimum Gasteiger partial charge on any atom is -0.340 e. The largest absolute Gasteiger partial charge is 0.340 e. The third kappa shape index (κ3) is 3.27. The number of benzene rings is 1. The summed E-state index contributed by atoms with van der Waals surface area (Å²) in [6, 6.07) is 7.89. The van der Waals surface area contributed by atoms with Gasteiger partial charge in [0.05, 0.1) is 17.5 Å². The zero-order valence-electron chi connectivity index (χ0n) is 11.9. The predicted octanol–water partition coefficient (Wildman–Crippen LogP) is 0.348. The Hall–Kier alpha value is -1.40. The van der Waals surface area contributed by atoms with Crippen LogP contribution in [0.5, 0.6) is 0 Å². The van der Waals surface area contributed by atoms with Crippen molar-refractivity contribution in [3.8, 4) is 0 Å². The molecule has 1 saturated heterocycles. The van der Waals surface area contributed by atoms with E-state index in [9.17, 15) is 13.2 Å². The molecule has 0 bridgehead atoms. The number of nitrogens with one attached hydrogen (secondary N) is 1. The van der Waals surface area contributed by atoms with Gasteiger partial charge in [0.1, 0.15) is 0 Å². The Bertz CT molecular complexity index is 642. The Labute approximate surface area is 125 Å². The smallest absolute Gasteiger partial charge is 0.240 e. The summed E-state index contributed by atoms with van der Waals surface area (Å²) in [5.41, 5.74) is 2.44. The summed E-state index contributed by atoms with van der Waals surface area (Å²) in [6.45, 7) is 1.55. The number of carbonyl (C=O) groups is 1. The molecular formula is C15H20N2O3S. The lowest BCUT2D eigenvalue weighted by Crippen LogP contribution is -2.50. The summed E-state index contributed by atoms with van der Waals surface area (Å²) < 4.78 is 23.3. The quantitative estimate of drug-likeness (QED) is 0.813. The number of carbonyl (C=O) groups excluding carboxylic acids is 1. The molecule has 1 atom stereocenters. The summed E-state index contributed by atoms with van der Waals surface area (Å²) in [5, 5.41) is 3.27. The van der Waals surface area contributed by atoms with Crippen molar-refractivity contribution >= 4 is 15.7 Å². The normalized spacial score (nSPS) is 25.0. The van der Waals surface area contributed by atoms with Gasteiger partial charge in [-0.2, -0.15) is 0 Å². The Morgan fingerprint density at radius 2 is 1.90 bits per heavy atom. The number of amides is 1. The molecule has 3 rings (SSSR count). The predicted molar refractivity (Wildman–Crippen MR) is 80.6 cm³/mol. The number of sulfone groups is 1. The lowest BCUT2D eigenvalue weighted by Gasteiger charge is -2.30. The van der Waals surface area contributed by atoms with E-state index in [1.54, 1.807) is 4.90 Å². The van der Waals surface area contributed by atoms with Crippen molar-refractivity contribution in [3.63, 3.8) is 0 Å². The summed E-state index contributed by atoms with van der Waals surface area (Å²) >= 11 is 0. The van der Waals surface area contributed by atoms with Gasteiger partial charge in [0.2, 0.25) is 5.91 Å².